The highest BCUT2D eigenvalue weighted by Gasteiger charge is 2.24. The van der Waals surface area contributed by atoms with Gasteiger partial charge in [-0.1, -0.05) is 97.1 Å². The van der Waals surface area contributed by atoms with Crippen molar-refractivity contribution in [3.8, 4) is 22.8 Å². The molecule has 0 saturated heterocycles. The first-order valence-electron chi connectivity index (χ1n) is 16.8. The smallest absolute Gasteiger partial charge is 0.248 e. The molecule has 0 fully saturated rings. The molecule has 5 nitrogen and oxygen atoms in total. The maximum Gasteiger partial charge on any atom is 0.248 e. The van der Waals surface area contributed by atoms with Gasteiger partial charge in [-0.15, -0.1) is 0 Å². The number of hydrogen-bond acceptors (Lipinski definition) is 3. The van der Waals surface area contributed by atoms with Crippen molar-refractivity contribution >= 4 is 67.1 Å². The number of rotatable bonds is 3. The number of allylic oxidation sites excluding steroid dienone is 4. The van der Waals surface area contributed by atoms with Gasteiger partial charge in [-0.25, -0.2) is 4.98 Å². The van der Waals surface area contributed by atoms with Gasteiger partial charge < -0.3 is 8.98 Å². The Labute approximate surface area is 280 Å². The van der Waals surface area contributed by atoms with Crippen LogP contribution >= 0.6 is 0 Å². The average molecular weight is 629 g/mol. The number of para-hydroxylation sites is 4. The van der Waals surface area contributed by atoms with Gasteiger partial charge in [-0.05, 0) is 66.6 Å². The van der Waals surface area contributed by atoms with Crippen LogP contribution in [0.25, 0.3) is 89.8 Å². The Balaban J connectivity index is 1.26. The molecule has 0 amide bonds. The Morgan fingerprint density at radius 3 is 2.27 bits per heavy atom. The van der Waals surface area contributed by atoms with E-state index in [9.17, 15) is 0 Å². The molecule has 0 saturated carbocycles. The molecule has 5 aromatic carbocycles. The van der Waals surface area contributed by atoms with Crippen molar-refractivity contribution in [1.82, 2.24) is 19.1 Å². The molecule has 0 bridgehead atoms. The zero-order chi connectivity index (χ0) is 32.1. The predicted molar refractivity (Wildman–Crippen MR) is 199 cm³/mol. The number of fused-ring (bicyclic) bond motifs is 10. The lowest BCUT2D eigenvalue weighted by Gasteiger charge is -2.18. The molecule has 0 aliphatic heterocycles. The maximum absolute atomic E-state index is 6.38. The Bertz CT molecular complexity index is 3030. The Hall–Kier alpha value is -6.46. The van der Waals surface area contributed by atoms with Gasteiger partial charge in [0.1, 0.15) is 16.8 Å². The third kappa shape index (κ3) is 3.81. The van der Waals surface area contributed by atoms with E-state index in [4.69, 9.17) is 14.4 Å². The topological polar surface area (TPSA) is 48.8 Å². The van der Waals surface area contributed by atoms with Gasteiger partial charge in [-0.2, -0.15) is 4.98 Å². The maximum atomic E-state index is 6.38. The fraction of sp³-hybridized carbons (Fsp3) is 0.0455. The monoisotopic (exact) mass is 628 g/mol. The van der Waals surface area contributed by atoms with Gasteiger partial charge in [0.05, 0.1) is 21.9 Å². The first-order chi connectivity index (χ1) is 24.3. The van der Waals surface area contributed by atoms with E-state index in [0.717, 1.165) is 62.1 Å². The standard InChI is InChI=1S/C44H28N4O/c1-2-14-30(15-3-1)47-36-19-9-6-16-31(36)34-25-29(22-23-38(34)47)41-43(46-44-42(45-41)33-18-8-11-21-40(33)49-44)48-37-20-10-7-17-32(37)35-24-27-12-4-5-13-28(27)26-39(35)48/h1-11,13-27H,12H2. The minimum Gasteiger partial charge on any atom is -0.436 e. The van der Waals surface area contributed by atoms with Gasteiger partial charge in [0.15, 0.2) is 5.82 Å². The molecule has 1 unspecified atom stereocenters. The normalized spacial score (nSPS) is 15.4. The van der Waals surface area contributed by atoms with E-state index in [1.807, 2.05) is 18.2 Å². The molecule has 5 heteroatoms. The van der Waals surface area contributed by atoms with Crippen LogP contribution in [0.1, 0.15) is 6.42 Å². The van der Waals surface area contributed by atoms with Crippen LogP contribution in [-0.2, 0) is 0 Å². The molecule has 230 valence electrons. The van der Waals surface area contributed by atoms with Crippen molar-refractivity contribution in [2.75, 3.05) is 0 Å². The average Bonchev–Trinajstić information content (AvgIpc) is 3.80. The van der Waals surface area contributed by atoms with E-state index >= 15 is 0 Å². The Kier molecular flexibility index (Phi) is 5.44. The molecule has 49 heavy (non-hydrogen) atoms. The number of hydrogen-bond donors (Lipinski definition) is 0. The first kappa shape index (κ1) is 26.6. The van der Waals surface area contributed by atoms with Crippen molar-refractivity contribution in [2.45, 2.75) is 6.42 Å². The summed E-state index contributed by atoms with van der Waals surface area (Å²) in [5, 5.41) is 6.89. The van der Waals surface area contributed by atoms with Crippen molar-refractivity contribution in [3.63, 3.8) is 0 Å². The molecule has 1 atom stereocenters. The Morgan fingerprint density at radius 1 is 0.653 bits per heavy atom. The molecule has 4 aromatic heterocycles. The zero-order valence-electron chi connectivity index (χ0n) is 26.4. The van der Waals surface area contributed by atoms with Crippen LogP contribution in [0.3, 0.4) is 0 Å². The lowest BCUT2D eigenvalue weighted by Crippen LogP contribution is -2.33. The van der Waals surface area contributed by atoms with Crippen LogP contribution in [-0.4, -0.2) is 19.1 Å². The van der Waals surface area contributed by atoms with E-state index in [1.54, 1.807) is 0 Å². The largest absolute Gasteiger partial charge is 0.436 e. The second kappa shape index (κ2) is 10.0. The molecule has 0 radical (unpaired) electrons. The minimum atomic E-state index is 0.365. The second-order valence-electron chi connectivity index (χ2n) is 13.0. The minimum absolute atomic E-state index is 0.365. The zero-order valence-corrected chi connectivity index (χ0v) is 26.4. The molecule has 0 N–H and O–H groups in total. The first-order valence-corrected chi connectivity index (χ1v) is 16.8. The molecule has 9 aromatic rings. The van der Waals surface area contributed by atoms with Gasteiger partial charge in [0, 0.05) is 43.9 Å². The van der Waals surface area contributed by atoms with Crippen LogP contribution in [0.5, 0.6) is 0 Å². The van der Waals surface area contributed by atoms with Crippen molar-refractivity contribution in [1.29, 1.82) is 0 Å². The van der Waals surface area contributed by atoms with Gasteiger partial charge in [0.2, 0.25) is 5.71 Å². The van der Waals surface area contributed by atoms with Crippen LogP contribution < -0.4 is 10.6 Å². The van der Waals surface area contributed by atoms with Crippen LogP contribution in [0.2, 0.25) is 0 Å². The summed E-state index contributed by atoms with van der Waals surface area (Å²) in [7, 11) is 0. The van der Waals surface area contributed by atoms with E-state index in [-0.39, 0.29) is 0 Å². The van der Waals surface area contributed by atoms with Crippen molar-refractivity contribution in [3.05, 3.63) is 156 Å². The highest BCUT2D eigenvalue weighted by molar-refractivity contribution is 6.11. The summed E-state index contributed by atoms with van der Waals surface area (Å²) in [6.45, 7) is 0. The number of furan rings is 1. The fourth-order valence-electron chi connectivity index (χ4n) is 8.01. The summed E-state index contributed by atoms with van der Waals surface area (Å²) in [5.41, 5.74) is 9.76. The molecule has 2 aliphatic rings. The SMILES string of the molecule is C1=CCC2C=c3c(n(-c4nc5oc6ccccc6c5nc4-c4ccc5c(c4)c4ccccc4n5-c4ccccc4)c4ccccc34)=CC2=C1. The summed E-state index contributed by atoms with van der Waals surface area (Å²) in [4.78, 5) is 10.8. The third-order valence-electron chi connectivity index (χ3n) is 10.2. The lowest BCUT2D eigenvalue weighted by molar-refractivity contribution is 0.651. The highest BCUT2D eigenvalue weighted by atomic mass is 16.3. The molecule has 11 rings (SSSR count). The van der Waals surface area contributed by atoms with Gasteiger partial charge in [-0.3, -0.25) is 4.57 Å². The quantitative estimate of drug-likeness (QED) is 0.196. The van der Waals surface area contributed by atoms with Gasteiger partial charge >= 0.3 is 0 Å². The van der Waals surface area contributed by atoms with Crippen molar-refractivity contribution in [2.24, 2.45) is 5.92 Å². The fourth-order valence-corrected chi connectivity index (χ4v) is 8.01. The number of aromatic nitrogens is 4. The summed E-state index contributed by atoms with van der Waals surface area (Å²) < 4.78 is 11.0. The number of benzene rings is 5. The van der Waals surface area contributed by atoms with E-state index in [0.29, 0.717) is 11.6 Å². The molecular weight excluding hydrogens is 601 g/mol. The Morgan fingerprint density at radius 2 is 1.39 bits per heavy atom. The van der Waals surface area contributed by atoms with Gasteiger partial charge in [0.25, 0.3) is 0 Å². The molecule has 0 spiro atoms. The van der Waals surface area contributed by atoms with E-state index in [2.05, 4.69) is 143 Å². The van der Waals surface area contributed by atoms with Crippen LogP contribution in [0, 0.1) is 5.92 Å². The molecule has 2 aliphatic carbocycles. The van der Waals surface area contributed by atoms with Crippen LogP contribution in [0.15, 0.2) is 150 Å². The van der Waals surface area contributed by atoms with E-state index < -0.39 is 0 Å². The summed E-state index contributed by atoms with van der Waals surface area (Å²) in [6, 6.07) is 42.6. The third-order valence-corrected chi connectivity index (χ3v) is 10.2. The van der Waals surface area contributed by atoms with Crippen LogP contribution in [0.4, 0.5) is 0 Å². The lowest BCUT2D eigenvalue weighted by atomic mass is 9.87. The van der Waals surface area contributed by atoms with E-state index in [1.165, 1.54) is 32.5 Å². The number of nitrogens with zero attached hydrogens (tertiary/aromatic N) is 4. The summed E-state index contributed by atoms with van der Waals surface area (Å²) >= 11 is 0. The van der Waals surface area contributed by atoms with Crippen molar-refractivity contribution < 1.29 is 4.42 Å². The second-order valence-corrected chi connectivity index (χ2v) is 13.0. The molecular formula is C44H28N4O. The predicted octanol–water partition coefficient (Wildman–Crippen LogP) is 9.16. The molecule has 4 heterocycles. The highest BCUT2D eigenvalue weighted by Crippen LogP contribution is 2.38. The summed E-state index contributed by atoms with van der Waals surface area (Å²) in [6.07, 6.45) is 12.4. The summed E-state index contributed by atoms with van der Waals surface area (Å²) in [5.74, 6) is 1.12.